The fraction of sp³-hybridized carbons (Fsp3) is 0.244. The number of benzene rings is 5. The summed E-state index contributed by atoms with van der Waals surface area (Å²) in [5.41, 5.74) is 8.19. The molecule has 4 heterocycles. The maximum absolute atomic E-state index is 13.9. The van der Waals surface area contributed by atoms with Crippen LogP contribution in [0.5, 0.6) is 23.0 Å². The maximum Gasteiger partial charge on any atom is 0.262 e. The largest absolute Gasteiger partial charge is 0.493 e. The van der Waals surface area contributed by atoms with Crippen molar-refractivity contribution in [2.45, 2.75) is 51.2 Å². The number of fused-ring (bicyclic) bond motifs is 8. The first-order valence-electron chi connectivity index (χ1n) is 19.4. The van der Waals surface area contributed by atoms with Gasteiger partial charge in [-0.05, 0) is 88.1 Å². The number of nitrogens with zero attached hydrogens (tertiary/aromatic N) is 4. The Balaban J connectivity index is 0.979. The third-order valence-electron chi connectivity index (χ3n) is 11.3. The predicted octanol–water partition coefficient (Wildman–Crippen LogP) is 6.83. The molecule has 2 N–H and O–H groups in total. The number of amides is 3. The first-order chi connectivity index (χ1) is 28.6. The Kier molecular flexibility index (Phi) is 9.94. The highest BCUT2D eigenvalue weighted by Crippen LogP contribution is 2.47. The zero-order chi connectivity index (χ0) is 40.9. The molecule has 0 saturated heterocycles. The minimum Gasteiger partial charge on any atom is -0.493 e. The van der Waals surface area contributed by atoms with Crippen LogP contribution in [-0.2, 0) is 30.8 Å². The monoisotopic (exact) mass is 810 g/mol. The molecule has 4 unspecified atom stereocenters. The molecule has 14 heteroatoms. The lowest BCUT2D eigenvalue weighted by atomic mass is 10.1. The van der Waals surface area contributed by atoms with Crippen LogP contribution in [0.3, 0.4) is 0 Å². The van der Waals surface area contributed by atoms with Crippen LogP contribution in [-0.4, -0.2) is 63.5 Å². The van der Waals surface area contributed by atoms with Crippen molar-refractivity contribution in [1.29, 1.82) is 0 Å². The number of rotatable bonds is 11. The van der Waals surface area contributed by atoms with Crippen LogP contribution in [0.15, 0.2) is 96.0 Å². The number of para-hydroxylation sites is 2. The van der Waals surface area contributed by atoms with Crippen LogP contribution < -0.4 is 44.1 Å². The quantitative estimate of drug-likeness (QED) is 0.138. The number of anilines is 4. The molecule has 4 aliphatic heterocycles. The molecule has 5 aromatic rings. The summed E-state index contributed by atoms with van der Waals surface area (Å²) in [6, 6.07) is 27.8. The van der Waals surface area contributed by atoms with Gasteiger partial charge in [0, 0.05) is 48.3 Å². The average Bonchev–Trinajstić information content (AvgIpc) is 3.80. The summed E-state index contributed by atoms with van der Waals surface area (Å²) in [5.74, 6) is 1.21. The smallest absolute Gasteiger partial charge is 0.262 e. The van der Waals surface area contributed by atoms with Crippen LogP contribution in [0.25, 0.3) is 0 Å². The second-order valence-corrected chi connectivity index (χ2v) is 15.5. The molecule has 59 heavy (non-hydrogen) atoms. The van der Waals surface area contributed by atoms with Gasteiger partial charge in [-0.1, -0.05) is 36.4 Å². The minimum absolute atomic E-state index is 0.0970. The number of ether oxygens (including phenoxy) is 4. The second-order valence-electron chi connectivity index (χ2n) is 14.9. The summed E-state index contributed by atoms with van der Waals surface area (Å²) in [4.78, 5) is 49.2. The van der Waals surface area contributed by atoms with Gasteiger partial charge in [-0.3, -0.25) is 29.2 Å². The standard InChI is InChI=1S/C45H43N6O7P/c1-25(46-2)43(52)48-30-14-26(23-57-40-20-34-32(18-38(40)55-3)44(53)49-31(22-47-34)16-28-9-5-7-11-35(28)49)13-27(15-30)24-58-41-21-37-33(19-39(41)56-4)45(54)50-36-12-8-6-10-29(36)17-42(50)51(37)59/h5-15,18-22,25,31,42,46H,16-17,23-24,59H2,1-4H3,(H,48,52). The number of carbonyl (C=O) groups excluding carboxylic acids is 3. The number of nitrogens with one attached hydrogen (secondary N) is 2. The Hall–Kier alpha value is -6.43. The predicted molar refractivity (Wildman–Crippen MR) is 230 cm³/mol. The number of likely N-dealkylation sites (N-methyl/N-ethyl adjacent to an activating group) is 1. The first kappa shape index (κ1) is 38.1. The molecule has 0 radical (unpaired) electrons. The number of carbonyl (C=O) groups is 3. The molecule has 0 bridgehead atoms. The average molecular weight is 811 g/mol. The van der Waals surface area contributed by atoms with Gasteiger partial charge in [0.15, 0.2) is 23.0 Å². The van der Waals surface area contributed by atoms with E-state index in [-0.39, 0.29) is 43.1 Å². The van der Waals surface area contributed by atoms with Crippen molar-refractivity contribution in [3.05, 3.63) is 124 Å². The van der Waals surface area contributed by atoms with Crippen LogP contribution in [0.1, 0.15) is 49.9 Å². The van der Waals surface area contributed by atoms with Crippen molar-refractivity contribution in [3.8, 4) is 23.0 Å². The van der Waals surface area contributed by atoms with Gasteiger partial charge in [-0.15, -0.1) is 0 Å². The minimum atomic E-state index is -0.438. The van der Waals surface area contributed by atoms with Gasteiger partial charge in [0.2, 0.25) is 5.91 Å². The third-order valence-corrected chi connectivity index (χ3v) is 12.0. The number of aliphatic imine (C=N–C) groups is 1. The third kappa shape index (κ3) is 6.79. The Labute approximate surface area is 344 Å². The first-order valence-corrected chi connectivity index (χ1v) is 19.9. The topological polar surface area (TPSA) is 134 Å². The maximum atomic E-state index is 13.9. The molecule has 0 fully saturated rings. The number of hydrogen-bond acceptors (Lipinski definition) is 10. The Morgan fingerprint density at radius 3 is 2.02 bits per heavy atom. The molecule has 13 nitrogen and oxygen atoms in total. The van der Waals surface area contributed by atoms with Gasteiger partial charge in [0.25, 0.3) is 11.8 Å². The Morgan fingerprint density at radius 1 is 0.763 bits per heavy atom. The van der Waals surface area contributed by atoms with Crippen molar-refractivity contribution in [2.24, 2.45) is 4.99 Å². The van der Waals surface area contributed by atoms with Gasteiger partial charge < -0.3 is 34.3 Å². The zero-order valence-electron chi connectivity index (χ0n) is 33.0. The van der Waals surface area contributed by atoms with Crippen LogP contribution in [0, 0.1) is 0 Å². The normalized spacial score (nSPS) is 17.5. The fourth-order valence-corrected chi connectivity index (χ4v) is 8.68. The van der Waals surface area contributed by atoms with E-state index >= 15 is 0 Å². The van der Waals surface area contributed by atoms with E-state index in [1.165, 1.54) is 7.11 Å². The molecule has 300 valence electrons. The van der Waals surface area contributed by atoms with E-state index < -0.39 is 6.04 Å². The molecule has 0 aromatic heterocycles. The van der Waals surface area contributed by atoms with E-state index in [4.69, 9.17) is 23.9 Å². The van der Waals surface area contributed by atoms with Gasteiger partial charge in [-0.25, -0.2) is 0 Å². The molecular weight excluding hydrogens is 768 g/mol. The number of methoxy groups -OCH3 is 2. The summed E-state index contributed by atoms with van der Waals surface area (Å²) in [6.07, 6.45) is 3.01. The summed E-state index contributed by atoms with van der Waals surface area (Å²) < 4.78 is 26.3. The van der Waals surface area contributed by atoms with Gasteiger partial charge >= 0.3 is 0 Å². The van der Waals surface area contributed by atoms with Crippen molar-refractivity contribution < 1.29 is 33.3 Å². The van der Waals surface area contributed by atoms with Crippen molar-refractivity contribution in [2.75, 3.05) is 41.1 Å². The second kappa shape index (κ2) is 15.4. The molecule has 4 atom stereocenters. The highest BCUT2D eigenvalue weighted by molar-refractivity contribution is 7.19. The van der Waals surface area contributed by atoms with E-state index in [1.807, 2.05) is 82.5 Å². The van der Waals surface area contributed by atoms with E-state index in [0.29, 0.717) is 64.0 Å². The lowest BCUT2D eigenvalue weighted by molar-refractivity contribution is -0.117. The summed E-state index contributed by atoms with van der Waals surface area (Å²) >= 11 is 0. The SMILES string of the molecule is CNC(C)C(=O)Nc1cc(COc2cc3c(cc2OC)C(=O)N2c4ccccc4CC2C=N3)cc(COc2cc3c(cc2OC)C(=O)N2c4ccccc4CC2N3P)c1. The van der Waals surface area contributed by atoms with E-state index in [9.17, 15) is 14.4 Å². The van der Waals surface area contributed by atoms with E-state index in [2.05, 4.69) is 26.1 Å². The lowest BCUT2D eigenvalue weighted by Crippen LogP contribution is -2.50. The zero-order valence-corrected chi connectivity index (χ0v) is 34.2. The van der Waals surface area contributed by atoms with Crippen molar-refractivity contribution in [1.82, 2.24) is 5.32 Å². The molecule has 4 aliphatic rings. The summed E-state index contributed by atoms with van der Waals surface area (Å²) in [7, 11) is 7.57. The van der Waals surface area contributed by atoms with Gasteiger partial charge in [0.05, 0.1) is 48.8 Å². The van der Waals surface area contributed by atoms with Crippen LogP contribution in [0.4, 0.5) is 28.4 Å². The van der Waals surface area contributed by atoms with Gasteiger partial charge in [0.1, 0.15) is 19.4 Å². The molecule has 0 saturated carbocycles. The highest BCUT2D eigenvalue weighted by atomic mass is 31.0. The lowest BCUT2D eigenvalue weighted by Gasteiger charge is -2.40. The molecule has 5 aromatic carbocycles. The van der Waals surface area contributed by atoms with Crippen LogP contribution in [0.2, 0.25) is 0 Å². The molecule has 9 rings (SSSR count). The van der Waals surface area contributed by atoms with Gasteiger partial charge in [-0.2, -0.15) is 0 Å². The fourth-order valence-electron chi connectivity index (χ4n) is 8.23. The summed E-state index contributed by atoms with van der Waals surface area (Å²) in [5, 5.41) is 5.97. The van der Waals surface area contributed by atoms with Crippen molar-refractivity contribution in [3.63, 3.8) is 0 Å². The van der Waals surface area contributed by atoms with Crippen molar-refractivity contribution >= 4 is 61.8 Å². The highest BCUT2D eigenvalue weighted by Gasteiger charge is 2.43. The van der Waals surface area contributed by atoms with Crippen LogP contribution >= 0.6 is 9.39 Å². The summed E-state index contributed by atoms with van der Waals surface area (Å²) in [6.45, 7) is 1.98. The molecular formula is C45H43N6O7P. The Bertz CT molecular complexity index is 2560. The molecule has 0 spiro atoms. The Morgan fingerprint density at radius 2 is 1.36 bits per heavy atom. The number of hydrogen-bond donors (Lipinski definition) is 2. The molecule has 3 amide bonds. The van der Waals surface area contributed by atoms with E-state index in [0.717, 1.165) is 33.6 Å². The van der Waals surface area contributed by atoms with E-state index in [1.54, 1.807) is 44.2 Å². The molecule has 0 aliphatic carbocycles.